The number of likely N-dealkylation sites (N-methyl/N-ethyl adjacent to an activating group) is 1. The second-order valence-electron chi connectivity index (χ2n) is 4.67. The molecule has 0 radical (unpaired) electrons. The zero-order valence-electron chi connectivity index (χ0n) is 11.2. The summed E-state index contributed by atoms with van der Waals surface area (Å²) in [6.45, 7) is 3.54. The van der Waals surface area contributed by atoms with Crippen LogP contribution < -0.4 is 14.8 Å². The first-order chi connectivity index (χ1) is 8.91. The minimum absolute atomic E-state index is 0.113. The topological polar surface area (TPSA) is 75.9 Å². The molecule has 1 aromatic carbocycles. The molecule has 1 aliphatic heterocycles. The third-order valence-corrected chi connectivity index (χ3v) is 4.23. The molecule has 0 atom stereocenters. The van der Waals surface area contributed by atoms with Crippen LogP contribution in [0.15, 0.2) is 23.1 Å². The van der Waals surface area contributed by atoms with E-state index >= 15 is 0 Å². The Hall–Kier alpha value is -1.31. The molecule has 1 aliphatic rings. The summed E-state index contributed by atoms with van der Waals surface area (Å²) in [6, 6.07) is 4.70. The number of rotatable bonds is 3. The van der Waals surface area contributed by atoms with E-state index in [1.165, 1.54) is 6.07 Å². The molecule has 1 saturated heterocycles. The highest BCUT2D eigenvalue weighted by Crippen LogP contribution is 2.31. The molecule has 19 heavy (non-hydrogen) atoms. The van der Waals surface area contributed by atoms with Crippen LogP contribution in [0.5, 0.6) is 5.75 Å². The van der Waals surface area contributed by atoms with Gasteiger partial charge in [0.1, 0.15) is 5.75 Å². The Labute approximate surface area is 113 Å². The molecule has 2 N–H and O–H groups in total. The summed E-state index contributed by atoms with van der Waals surface area (Å²) >= 11 is 0. The fourth-order valence-electron chi connectivity index (χ4n) is 2.14. The van der Waals surface area contributed by atoms with Crippen molar-refractivity contribution in [2.24, 2.45) is 5.14 Å². The van der Waals surface area contributed by atoms with E-state index in [4.69, 9.17) is 9.88 Å². The lowest BCUT2D eigenvalue weighted by molar-refractivity contribution is 0.311. The molecular formula is C12H19N3O3S. The Morgan fingerprint density at radius 2 is 1.84 bits per heavy atom. The highest BCUT2D eigenvalue weighted by atomic mass is 32.2. The van der Waals surface area contributed by atoms with Crippen molar-refractivity contribution in [3.63, 3.8) is 0 Å². The van der Waals surface area contributed by atoms with Gasteiger partial charge in [-0.2, -0.15) is 0 Å². The lowest BCUT2D eigenvalue weighted by Crippen LogP contribution is -2.44. The largest absolute Gasteiger partial charge is 0.495 e. The van der Waals surface area contributed by atoms with Crippen LogP contribution in [-0.2, 0) is 10.0 Å². The van der Waals surface area contributed by atoms with Gasteiger partial charge in [0, 0.05) is 26.2 Å². The summed E-state index contributed by atoms with van der Waals surface area (Å²) < 4.78 is 28.2. The minimum Gasteiger partial charge on any atom is -0.495 e. The van der Waals surface area contributed by atoms with Crippen LogP contribution in [0.2, 0.25) is 0 Å². The lowest BCUT2D eigenvalue weighted by Gasteiger charge is -2.34. The molecule has 1 heterocycles. The Morgan fingerprint density at radius 1 is 1.21 bits per heavy atom. The molecule has 0 aromatic heterocycles. The van der Waals surface area contributed by atoms with Crippen molar-refractivity contribution in [1.29, 1.82) is 0 Å². The van der Waals surface area contributed by atoms with Crippen LogP contribution >= 0.6 is 0 Å². The van der Waals surface area contributed by atoms with Gasteiger partial charge in [0.25, 0.3) is 0 Å². The summed E-state index contributed by atoms with van der Waals surface area (Å²) in [5.74, 6) is 0.664. The molecule has 0 spiro atoms. The van der Waals surface area contributed by atoms with Gasteiger partial charge in [-0.05, 0) is 25.2 Å². The van der Waals surface area contributed by atoms with E-state index < -0.39 is 10.0 Å². The van der Waals surface area contributed by atoms with Gasteiger partial charge >= 0.3 is 0 Å². The summed E-state index contributed by atoms with van der Waals surface area (Å²) in [7, 11) is -0.0526. The first kappa shape index (κ1) is 14.1. The maximum atomic E-state index is 11.4. The van der Waals surface area contributed by atoms with Gasteiger partial charge in [-0.15, -0.1) is 0 Å². The van der Waals surface area contributed by atoms with Crippen molar-refractivity contribution in [2.45, 2.75) is 4.90 Å². The zero-order chi connectivity index (χ0) is 14.0. The van der Waals surface area contributed by atoms with Crippen molar-refractivity contribution in [2.75, 3.05) is 45.2 Å². The van der Waals surface area contributed by atoms with Crippen LogP contribution in [0.1, 0.15) is 0 Å². The van der Waals surface area contributed by atoms with E-state index in [2.05, 4.69) is 16.8 Å². The summed E-state index contributed by atoms with van der Waals surface area (Å²) in [4.78, 5) is 4.46. The summed E-state index contributed by atoms with van der Waals surface area (Å²) in [6.07, 6.45) is 0. The molecule has 7 heteroatoms. The van der Waals surface area contributed by atoms with E-state index in [1.54, 1.807) is 19.2 Å². The van der Waals surface area contributed by atoms with Gasteiger partial charge in [0.2, 0.25) is 10.0 Å². The molecule has 0 aliphatic carbocycles. The number of sulfonamides is 1. The Kier molecular flexibility index (Phi) is 3.98. The first-order valence-electron chi connectivity index (χ1n) is 6.06. The summed E-state index contributed by atoms with van der Waals surface area (Å²) in [5.41, 5.74) is 0.780. The number of nitrogens with two attached hydrogens (primary N) is 1. The van der Waals surface area contributed by atoms with Gasteiger partial charge in [-0.1, -0.05) is 0 Å². The number of hydrogen-bond donors (Lipinski definition) is 1. The quantitative estimate of drug-likeness (QED) is 0.852. The lowest BCUT2D eigenvalue weighted by atomic mass is 10.2. The second kappa shape index (κ2) is 5.36. The van der Waals surface area contributed by atoms with Gasteiger partial charge in [-0.3, -0.25) is 0 Å². The van der Waals surface area contributed by atoms with E-state index in [9.17, 15) is 8.42 Å². The predicted octanol–water partition coefficient (Wildman–Crippen LogP) is 0.0944. The van der Waals surface area contributed by atoms with Crippen LogP contribution in [0.3, 0.4) is 0 Å². The average molecular weight is 285 g/mol. The van der Waals surface area contributed by atoms with Crippen LogP contribution in [0.25, 0.3) is 0 Å². The Bertz CT molecular complexity index is 551. The fourth-order valence-corrected chi connectivity index (χ4v) is 2.67. The number of benzene rings is 1. The van der Waals surface area contributed by atoms with Gasteiger partial charge < -0.3 is 14.5 Å². The van der Waals surface area contributed by atoms with Crippen molar-refractivity contribution in [3.8, 4) is 5.75 Å². The average Bonchev–Trinajstić information content (AvgIpc) is 2.38. The van der Waals surface area contributed by atoms with Gasteiger partial charge in [0.05, 0.1) is 17.7 Å². The molecule has 0 unspecified atom stereocenters. The standard InChI is InChI=1S/C12H19N3O3S/c1-14-5-7-15(8-6-14)11-9-10(19(13,16)17)3-4-12(11)18-2/h3-4,9H,5-8H2,1-2H3,(H2,13,16,17). The molecule has 1 aromatic rings. The molecular weight excluding hydrogens is 266 g/mol. The van der Waals surface area contributed by atoms with Crippen molar-refractivity contribution < 1.29 is 13.2 Å². The molecule has 1 fully saturated rings. The first-order valence-corrected chi connectivity index (χ1v) is 7.61. The minimum atomic E-state index is -3.69. The maximum Gasteiger partial charge on any atom is 0.238 e. The number of nitrogens with zero attached hydrogens (tertiary/aromatic N) is 2. The number of methoxy groups -OCH3 is 1. The van der Waals surface area contributed by atoms with Crippen molar-refractivity contribution >= 4 is 15.7 Å². The zero-order valence-corrected chi connectivity index (χ0v) is 12.0. The fraction of sp³-hybridized carbons (Fsp3) is 0.500. The molecule has 106 valence electrons. The smallest absolute Gasteiger partial charge is 0.238 e. The van der Waals surface area contributed by atoms with E-state index in [1.807, 2.05) is 0 Å². The van der Waals surface area contributed by atoms with Crippen molar-refractivity contribution in [3.05, 3.63) is 18.2 Å². The molecule has 2 rings (SSSR count). The third kappa shape index (κ3) is 3.17. The summed E-state index contributed by atoms with van der Waals surface area (Å²) in [5, 5.41) is 5.17. The highest BCUT2D eigenvalue weighted by molar-refractivity contribution is 7.89. The number of piperazine rings is 1. The third-order valence-electron chi connectivity index (χ3n) is 3.32. The maximum absolute atomic E-state index is 11.4. The van der Waals surface area contributed by atoms with Gasteiger partial charge in [-0.25, -0.2) is 13.6 Å². The SMILES string of the molecule is COc1ccc(S(N)(=O)=O)cc1N1CCN(C)CC1. The number of ether oxygens (including phenoxy) is 1. The van der Waals surface area contributed by atoms with Crippen LogP contribution in [0, 0.1) is 0 Å². The number of anilines is 1. The second-order valence-corrected chi connectivity index (χ2v) is 6.23. The van der Waals surface area contributed by atoms with Gasteiger partial charge in [0.15, 0.2) is 0 Å². The van der Waals surface area contributed by atoms with Crippen LogP contribution in [-0.4, -0.2) is 53.7 Å². The molecule has 6 nitrogen and oxygen atoms in total. The molecule has 0 bridgehead atoms. The molecule has 0 amide bonds. The predicted molar refractivity (Wildman–Crippen MR) is 74.1 cm³/mol. The van der Waals surface area contributed by atoms with E-state index in [0.29, 0.717) is 5.75 Å². The van der Waals surface area contributed by atoms with E-state index in [-0.39, 0.29) is 4.90 Å². The Balaban J connectivity index is 2.36. The number of primary sulfonamides is 1. The Morgan fingerprint density at radius 3 is 2.37 bits per heavy atom. The monoisotopic (exact) mass is 285 g/mol. The normalized spacial score (nSPS) is 17.5. The van der Waals surface area contributed by atoms with E-state index in [0.717, 1.165) is 31.9 Å². The number of hydrogen-bond acceptors (Lipinski definition) is 5. The van der Waals surface area contributed by atoms with Crippen LogP contribution in [0.4, 0.5) is 5.69 Å². The molecule has 0 saturated carbocycles. The highest BCUT2D eigenvalue weighted by Gasteiger charge is 2.20. The van der Waals surface area contributed by atoms with Crippen molar-refractivity contribution in [1.82, 2.24) is 4.90 Å².